The Hall–Kier alpha value is -2.49. The normalized spacial score (nSPS) is 12.5. The summed E-state index contributed by atoms with van der Waals surface area (Å²) in [5.41, 5.74) is 9.29. The van der Waals surface area contributed by atoms with Gasteiger partial charge in [-0.2, -0.15) is 0 Å². The van der Waals surface area contributed by atoms with Gasteiger partial charge in [0.15, 0.2) is 0 Å². The highest BCUT2D eigenvalue weighted by Gasteiger charge is 2.13. The van der Waals surface area contributed by atoms with Gasteiger partial charge < -0.3 is 15.0 Å². The number of methoxy groups -OCH3 is 1. The van der Waals surface area contributed by atoms with E-state index >= 15 is 0 Å². The number of fused-ring (bicyclic) bond motifs is 1. The number of nitrogens with zero attached hydrogens (tertiary/aromatic N) is 2. The van der Waals surface area contributed by atoms with Gasteiger partial charge in [0.25, 0.3) is 0 Å². The molecule has 0 amide bonds. The Bertz CT molecular complexity index is 749. The molecule has 4 nitrogen and oxygen atoms in total. The van der Waals surface area contributed by atoms with Crippen LogP contribution in [0, 0.1) is 0 Å². The van der Waals surface area contributed by atoms with Gasteiger partial charge in [0.1, 0.15) is 5.75 Å². The second-order valence-corrected chi connectivity index (χ2v) is 5.25. The number of nitrogen functional groups attached to an aromatic ring is 1. The van der Waals surface area contributed by atoms with E-state index < -0.39 is 0 Å². The number of ether oxygens (including phenoxy) is 1. The van der Waals surface area contributed by atoms with Crippen molar-refractivity contribution < 1.29 is 4.74 Å². The summed E-state index contributed by atoms with van der Waals surface area (Å²) in [6, 6.07) is 16.3. The highest BCUT2D eigenvalue weighted by molar-refractivity contribution is 5.79. The fraction of sp³-hybridized carbons (Fsp3) is 0.235. The van der Waals surface area contributed by atoms with Crippen LogP contribution in [0.4, 0.5) is 5.95 Å². The predicted molar refractivity (Wildman–Crippen MR) is 85.6 cm³/mol. The van der Waals surface area contributed by atoms with Gasteiger partial charge in [0.2, 0.25) is 5.95 Å². The van der Waals surface area contributed by atoms with Crippen LogP contribution in [0.2, 0.25) is 0 Å². The minimum Gasteiger partial charge on any atom is -0.497 e. The van der Waals surface area contributed by atoms with Gasteiger partial charge >= 0.3 is 0 Å². The molecule has 2 aromatic carbocycles. The van der Waals surface area contributed by atoms with E-state index in [1.807, 2.05) is 24.3 Å². The minimum atomic E-state index is 0.369. The van der Waals surface area contributed by atoms with Crippen LogP contribution in [-0.2, 0) is 6.54 Å². The second kappa shape index (κ2) is 5.48. The zero-order chi connectivity index (χ0) is 14.8. The largest absolute Gasteiger partial charge is 0.497 e. The number of hydrogen-bond acceptors (Lipinski definition) is 3. The van der Waals surface area contributed by atoms with Crippen LogP contribution in [-0.4, -0.2) is 16.7 Å². The first-order valence-corrected chi connectivity index (χ1v) is 7.03. The molecule has 0 bridgehead atoms. The lowest BCUT2D eigenvalue weighted by molar-refractivity contribution is 0.415. The molecular formula is C17H19N3O. The van der Waals surface area contributed by atoms with Gasteiger partial charge in [-0.15, -0.1) is 0 Å². The van der Waals surface area contributed by atoms with Crippen molar-refractivity contribution in [3.8, 4) is 5.75 Å². The van der Waals surface area contributed by atoms with Crippen LogP contribution in [0.15, 0.2) is 48.5 Å². The van der Waals surface area contributed by atoms with Crippen LogP contribution in [0.5, 0.6) is 5.75 Å². The van der Waals surface area contributed by atoms with Gasteiger partial charge in [-0.05, 0) is 23.6 Å². The third-order valence-electron chi connectivity index (χ3n) is 3.81. The van der Waals surface area contributed by atoms with Crippen molar-refractivity contribution in [3.05, 3.63) is 54.1 Å². The molecule has 3 aromatic rings. The first kappa shape index (κ1) is 13.5. The quantitative estimate of drug-likeness (QED) is 0.797. The van der Waals surface area contributed by atoms with Crippen molar-refractivity contribution in [1.82, 2.24) is 9.55 Å². The van der Waals surface area contributed by atoms with Crippen molar-refractivity contribution in [2.24, 2.45) is 0 Å². The van der Waals surface area contributed by atoms with Crippen molar-refractivity contribution in [2.75, 3.05) is 12.8 Å². The summed E-state index contributed by atoms with van der Waals surface area (Å²) in [7, 11) is 1.65. The Morgan fingerprint density at radius 2 is 1.95 bits per heavy atom. The molecule has 1 unspecified atom stereocenters. The topological polar surface area (TPSA) is 53.1 Å². The van der Waals surface area contributed by atoms with Crippen LogP contribution in [0.1, 0.15) is 18.4 Å². The molecule has 0 spiro atoms. The summed E-state index contributed by atoms with van der Waals surface area (Å²) in [5, 5.41) is 0. The van der Waals surface area contributed by atoms with Gasteiger partial charge in [-0.1, -0.05) is 37.3 Å². The highest BCUT2D eigenvalue weighted by atomic mass is 16.5. The maximum Gasteiger partial charge on any atom is 0.201 e. The first-order valence-electron chi connectivity index (χ1n) is 7.03. The van der Waals surface area contributed by atoms with E-state index in [9.17, 15) is 0 Å². The summed E-state index contributed by atoms with van der Waals surface area (Å²) >= 11 is 0. The zero-order valence-electron chi connectivity index (χ0n) is 12.3. The van der Waals surface area contributed by atoms with E-state index in [1.165, 1.54) is 5.56 Å². The lowest BCUT2D eigenvalue weighted by atomic mass is 10.0. The van der Waals surface area contributed by atoms with E-state index in [0.29, 0.717) is 11.9 Å². The fourth-order valence-corrected chi connectivity index (χ4v) is 2.61. The molecule has 0 aliphatic rings. The first-order chi connectivity index (χ1) is 10.2. The number of hydrogen-bond donors (Lipinski definition) is 1. The van der Waals surface area contributed by atoms with Crippen LogP contribution in [0.3, 0.4) is 0 Å². The van der Waals surface area contributed by atoms with Gasteiger partial charge in [0, 0.05) is 12.6 Å². The number of nitrogens with two attached hydrogens (primary N) is 1. The molecule has 21 heavy (non-hydrogen) atoms. The summed E-state index contributed by atoms with van der Waals surface area (Å²) < 4.78 is 7.29. The third-order valence-corrected chi connectivity index (χ3v) is 3.81. The molecule has 1 aromatic heterocycles. The monoisotopic (exact) mass is 281 g/mol. The number of anilines is 1. The number of benzene rings is 2. The summed E-state index contributed by atoms with van der Waals surface area (Å²) in [5.74, 6) is 1.71. The summed E-state index contributed by atoms with van der Waals surface area (Å²) in [6.07, 6.45) is 0. The Balaban J connectivity index is 1.95. The fourth-order valence-electron chi connectivity index (χ4n) is 2.61. The zero-order valence-corrected chi connectivity index (χ0v) is 12.3. The Morgan fingerprint density at radius 3 is 2.67 bits per heavy atom. The van der Waals surface area contributed by atoms with Crippen molar-refractivity contribution in [3.63, 3.8) is 0 Å². The third kappa shape index (κ3) is 2.57. The smallest absolute Gasteiger partial charge is 0.201 e. The number of imidazole rings is 1. The maximum atomic E-state index is 6.08. The van der Waals surface area contributed by atoms with E-state index in [1.54, 1.807) is 7.11 Å². The van der Waals surface area contributed by atoms with E-state index in [-0.39, 0.29) is 0 Å². The van der Waals surface area contributed by atoms with Crippen molar-refractivity contribution in [1.29, 1.82) is 0 Å². The lowest BCUT2D eigenvalue weighted by Crippen LogP contribution is -2.09. The second-order valence-electron chi connectivity index (χ2n) is 5.25. The number of rotatable bonds is 4. The molecular weight excluding hydrogens is 262 g/mol. The standard InChI is InChI=1S/C17H19N3O/c1-12(13-6-4-3-5-7-13)11-20-16-9-8-14(21-2)10-15(16)19-17(20)18/h3-10,12H,11H2,1-2H3,(H2,18,19). The molecule has 0 saturated heterocycles. The van der Waals surface area contributed by atoms with E-state index in [0.717, 1.165) is 23.3 Å². The molecule has 1 heterocycles. The summed E-state index contributed by atoms with van der Waals surface area (Å²) in [4.78, 5) is 4.43. The molecule has 0 aliphatic carbocycles. The van der Waals surface area contributed by atoms with Crippen molar-refractivity contribution >= 4 is 17.0 Å². The number of aromatic nitrogens is 2. The highest BCUT2D eigenvalue weighted by Crippen LogP contribution is 2.26. The molecule has 3 rings (SSSR count). The van der Waals surface area contributed by atoms with Gasteiger partial charge in [-0.25, -0.2) is 4.98 Å². The SMILES string of the molecule is COc1ccc2c(c1)nc(N)n2CC(C)c1ccccc1. The predicted octanol–water partition coefficient (Wildman–Crippen LogP) is 3.43. The molecule has 108 valence electrons. The molecule has 0 saturated carbocycles. The molecule has 4 heteroatoms. The molecule has 2 N–H and O–H groups in total. The average Bonchev–Trinajstić information content (AvgIpc) is 2.83. The summed E-state index contributed by atoms with van der Waals surface area (Å²) in [6.45, 7) is 3.00. The van der Waals surface area contributed by atoms with E-state index in [2.05, 4.69) is 40.7 Å². The average molecular weight is 281 g/mol. The van der Waals surface area contributed by atoms with Crippen LogP contribution >= 0.6 is 0 Å². The Kier molecular flexibility index (Phi) is 3.52. The lowest BCUT2D eigenvalue weighted by Gasteiger charge is -2.14. The Labute approximate surface area is 124 Å². The van der Waals surface area contributed by atoms with Gasteiger partial charge in [-0.3, -0.25) is 0 Å². The Morgan fingerprint density at radius 1 is 1.19 bits per heavy atom. The molecule has 1 atom stereocenters. The maximum absolute atomic E-state index is 6.08. The van der Waals surface area contributed by atoms with E-state index in [4.69, 9.17) is 10.5 Å². The van der Waals surface area contributed by atoms with Gasteiger partial charge in [0.05, 0.1) is 18.1 Å². The molecule has 0 fully saturated rings. The minimum absolute atomic E-state index is 0.369. The van der Waals surface area contributed by atoms with Crippen molar-refractivity contribution in [2.45, 2.75) is 19.4 Å². The van der Waals surface area contributed by atoms with Crippen LogP contribution in [0.25, 0.3) is 11.0 Å². The molecule has 0 aliphatic heterocycles. The molecule has 0 radical (unpaired) electrons. The van der Waals surface area contributed by atoms with Crippen LogP contribution < -0.4 is 10.5 Å².